The van der Waals surface area contributed by atoms with E-state index in [1.807, 2.05) is 0 Å². The van der Waals surface area contributed by atoms with E-state index in [0.717, 1.165) is 32.1 Å². The minimum Gasteiger partial charge on any atom is -0.481 e. The Labute approximate surface area is 157 Å². The van der Waals surface area contributed by atoms with E-state index in [9.17, 15) is 4.79 Å². The standard InChI is InChI=1S/C21H42O3Si/c1-5-6-7-11-14-17-20(24-25(2,3)4)18-15-12-9-8-10-13-16-19-21(22)23/h15,18,20H,5-14,16-17,19H2,1-4H3,(H,22,23)/b18-15+. The Kier molecular flexibility index (Phi) is 15.2. The molecule has 0 radical (unpaired) electrons. The molecule has 1 unspecified atom stereocenters. The minimum absolute atomic E-state index is 0.295. The third-order valence-corrected chi connectivity index (χ3v) is 5.22. The number of aliphatic carboxylic acids is 1. The predicted molar refractivity (Wildman–Crippen MR) is 111 cm³/mol. The fourth-order valence-electron chi connectivity index (χ4n) is 2.91. The van der Waals surface area contributed by atoms with Crippen LogP contribution in [-0.4, -0.2) is 25.5 Å². The summed E-state index contributed by atoms with van der Waals surface area (Å²) >= 11 is 0. The van der Waals surface area contributed by atoms with Crippen LogP contribution in [0.1, 0.15) is 90.4 Å². The maximum Gasteiger partial charge on any atom is 0.303 e. The van der Waals surface area contributed by atoms with Gasteiger partial charge in [-0.3, -0.25) is 4.79 Å². The lowest BCUT2D eigenvalue weighted by atomic mass is 10.1. The normalized spacial score (nSPS) is 13.4. The van der Waals surface area contributed by atoms with Crippen molar-refractivity contribution in [3.63, 3.8) is 0 Å². The Hall–Kier alpha value is -0.613. The van der Waals surface area contributed by atoms with E-state index in [-0.39, 0.29) is 0 Å². The maximum atomic E-state index is 10.4. The molecule has 4 heteroatoms. The van der Waals surface area contributed by atoms with Crippen molar-refractivity contribution in [2.75, 3.05) is 0 Å². The first-order valence-corrected chi connectivity index (χ1v) is 13.8. The van der Waals surface area contributed by atoms with E-state index < -0.39 is 14.3 Å². The van der Waals surface area contributed by atoms with E-state index in [4.69, 9.17) is 9.53 Å². The maximum absolute atomic E-state index is 10.4. The molecular formula is C21H42O3Si. The lowest BCUT2D eigenvalue weighted by Gasteiger charge is -2.24. The van der Waals surface area contributed by atoms with E-state index in [1.165, 1.54) is 44.9 Å². The zero-order valence-electron chi connectivity index (χ0n) is 17.2. The summed E-state index contributed by atoms with van der Waals surface area (Å²) in [5, 5.41) is 8.60. The van der Waals surface area contributed by atoms with Crippen molar-refractivity contribution in [3.8, 4) is 0 Å². The van der Waals surface area contributed by atoms with Crippen LogP contribution in [0.4, 0.5) is 0 Å². The number of carboxylic acid groups (broad SMARTS) is 1. The average molecular weight is 371 g/mol. The van der Waals surface area contributed by atoms with Gasteiger partial charge < -0.3 is 9.53 Å². The number of hydrogen-bond donors (Lipinski definition) is 1. The van der Waals surface area contributed by atoms with E-state index in [0.29, 0.717) is 12.5 Å². The van der Waals surface area contributed by atoms with Gasteiger partial charge in [0.15, 0.2) is 8.32 Å². The third-order valence-electron chi connectivity index (χ3n) is 4.21. The van der Waals surface area contributed by atoms with Crippen LogP contribution in [0.25, 0.3) is 0 Å². The monoisotopic (exact) mass is 370 g/mol. The molecule has 0 saturated carbocycles. The van der Waals surface area contributed by atoms with Gasteiger partial charge in [-0.1, -0.05) is 70.4 Å². The second-order valence-corrected chi connectivity index (χ2v) is 12.6. The second-order valence-electron chi connectivity index (χ2n) is 8.10. The predicted octanol–water partition coefficient (Wildman–Crippen LogP) is 6.94. The van der Waals surface area contributed by atoms with Crippen molar-refractivity contribution in [1.82, 2.24) is 0 Å². The molecule has 0 bridgehead atoms. The summed E-state index contributed by atoms with van der Waals surface area (Å²) in [6, 6.07) is 0. The Morgan fingerprint density at radius 3 is 2.20 bits per heavy atom. The lowest BCUT2D eigenvalue weighted by Crippen LogP contribution is -2.31. The molecule has 0 aromatic rings. The molecule has 0 aromatic carbocycles. The summed E-state index contributed by atoms with van der Waals surface area (Å²) in [4.78, 5) is 10.4. The van der Waals surface area contributed by atoms with Crippen LogP contribution >= 0.6 is 0 Å². The summed E-state index contributed by atoms with van der Waals surface area (Å²) in [7, 11) is -1.49. The van der Waals surface area contributed by atoms with Crippen molar-refractivity contribution in [2.24, 2.45) is 0 Å². The first-order chi connectivity index (χ1) is 11.8. The van der Waals surface area contributed by atoms with Gasteiger partial charge in [0.2, 0.25) is 0 Å². The number of hydrogen-bond acceptors (Lipinski definition) is 2. The molecular weight excluding hydrogens is 328 g/mol. The van der Waals surface area contributed by atoms with Crippen molar-refractivity contribution < 1.29 is 14.3 Å². The smallest absolute Gasteiger partial charge is 0.303 e. The molecule has 3 nitrogen and oxygen atoms in total. The van der Waals surface area contributed by atoms with Gasteiger partial charge in [-0.05, 0) is 45.3 Å². The highest BCUT2D eigenvalue weighted by Crippen LogP contribution is 2.16. The second kappa shape index (κ2) is 15.6. The summed E-state index contributed by atoms with van der Waals surface area (Å²) in [5.41, 5.74) is 0. The molecule has 0 spiro atoms. The van der Waals surface area contributed by atoms with Gasteiger partial charge in [0, 0.05) is 6.42 Å². The molecule has 0 aliphatic carbocycles. The van der Waals surface area contributed by atoms with Crippen LogP contribution in [-0.2, 0) is 9.22 Å². The van der Waals surface area contributed by atoms with Gasteiger partial charge in [-0.2, -0.15) is 0 Å². The average Bonchev–Trinajstić information content (AvgIpc) is 2.51. The van der Waals surface area contributed by atoms with Crippen LogP contribution < -0.4 is 0 Å². The molecule has 0 aliphatic heterocycles. The molecule has 0 saturated heterocycles. The SMILES string of the molecule is CCCCCCCC(/C=C/CCCCCCCC(=O)O)O[Si](C)(C)C. The van der Waals surface area contributed by atoms with Crippen molar-refractivity contribution in [3.05, 3.63) is 12.2 Å². The Balaban J connectivity index is 3.89. The molecule has 0 rings (SSSR count). The van der Waals surface area contributed by atoms with Gasteiger partial charge in [-0.25, -0.2) is 0 Å². The molecule has 0 aliphatic rings. The summed E-state index contributed by atoms with van der Waals surface area (Å²) in [5.74, 6) is -0.675. The molecule has 148 valence electrons. The summed E-state index contributed by atoms with van der Waals surface area (Å²) in [6.07, 6.45) is 19.4. The highest BCUT2D eigenvalue weighted by Gasteiger charge is 2.19. The van der Waals surface area contributed by atoms with Crippen molar-refractivity contribution in [2.45, 2.75) is 116 Å². The number of unbranched alkanes of at least 4 members (excludes halogenated alkanes) is 9. The summed E-state index contributed by atoms with van der Waals surface area (Å²) in [6.45, 7) is 9.05. The molecule has 0 amide bonds. The molecule has 0 aromatic heterocycles. The zero-order chi connectivity index (χ0) is 19.0. The fourth-order valence-corrected chi connectivity index (χ4v) is 4.02. The van der Waals surface area contributed by atoms with Gasteiger partial charge in [0.05, 0.1) is 6.10 Å². The zero-order valence-corrected chi connectivity index (χ0v) is 18.2. The van der Waals surface area contributed by atoms with Gasteiger partial charge >= 0.3 is 5.97 Å². The van der Waals surface area contributed by atoms with Crippen LogP contribution in [0.2, 0.25) is 19.6 Å². The number of allylic oxidation sites excluding steroid dienone is 1. The van der Waals surface area contributed by atoms with Crippen molar-refractivity contribution in [1.29, 1.82) is 0 Å². The first-order valence-electron chi connectivity index (χ1n) is 10.4. The third kappa shape index (κ3) is 19.6. The highest BCUT2D eigenvalue weighted by atomic mass is 28.4. The van der Waals surface area contributed by atoms with Gasteiger partial charge in [0.25, 0.3) is 0 Å². The van der Waals surface area contributed by atoms with Crippen LogP contribution in [0, 0.1) is 0 Å². The van der Waals surface area contributed by atoms with Gasteiger partial charge in [-0.15, -0.1) is 0 Å². The van der Waals surface area contributed by atoms with Crippen molar-refractivity contribution >= 4 is 14.3 Å². The van der Waals surface area contributed by atoms with E-state index in [1.54, 1.807) is 0 Å². The van der Waals surface area contributed by atoms with E-state index >= 15 is 0 Å². The Morgan fingerprint density at radius 2 is 1.56 bits per heavy atom. The fraction of sp³-hybridized carbons (Fsp3) is 0.857. The topological polar surface area (TPSA) is 46.5 Å². The van der Waals surface area contributed by atoms with E-state index in [2.05, 4.69) is 38.7 Å². The first kappa shape index (κ1) is 24.4. The minimum atomic E-state index is -1.49. The van der Waals surface area contributed by atoms with Gasteiger partial charge in [0.1, 0.15) is 0 Å². The number of rotatable bonds is 17. The quantitative estimate of drug-likeness (QED) is 0.171. The number of carbonyl (C=O) groups is 1. The van der Waals surface area contributed by atoms with Crippen LogP contribution in [0.15, 0.2) is 12.2 Å². The van der Waals surface area contributed by atoms with Crippen LogP contribution in [0.3, 0.4) is 0 Å². The number of carboxylic acids is 1. The molecule has 1 atom stereocenters. The lowest BCUT2D eigenvalue weighted by molar-refractivity contribution is -0.137. The molecule has 0 fully saturated rings. The molecule has 25 heavy (non-hydrogen) atoms. The summed E-state index contributed by atoms with van der Waals surface area (Å²) < 4.78 is 6.32. The molecule has 0 heterocycles. The van der Waals surface area contributed by atoms with Crippen LogP contribution in [0.5, 0.6) is 0 Å². The highest BCUT2D eigenvalue weighted by molar-refractivity contribution is 6.69. The Morgan fingerprint density at radius 1 is 0.960 bits per heavy atom. The molecule has 1 N–H and O–H groups in total. The Bertz CT molecular complexity index is 348. The largest absolute Gasteiger partial charge is 0.481 e.